The zero-order chi connectivity index (χ0) is 22.6. The molecule has 0 aliphatic carbocycles. The lowest BCUT2D eigenvalue weighted by molar-refractivity contribution is -0.124. The molecule has 3 N–H and O–H groups in total. The SMILES string of the molecule is COc1ccc(NC[C@H](C)NC(=O)[C@H](CC(C)C)NC(=O)OCc2ccccc2)cc1. The van der Waals surface area contributed by atoms with Crippen molar-refractivity contribution in [2.45, 2.75) is 45.9 Å². The van der Waals surface area contributed by atoms with E-state index in [0.717, 1.165) is 17.0 Å². The highest BCUT2D eigenvalue weighted by molar-refractivity contribution is 5.85. The molecule has 0 saturated heterocycles. The van der Waals surface area contributed by atoms with E-state index in [0.29, 0.717) is 13.0 Å². The molecule has 2 amide bonds. The van der Waals surface area contributed by atoms with Crippen LogP contribution >= 0.6 is 0 Å². The number of nitrogens with one attached hydrogen (secondary N) is 3. The van der Waals surface area contributed by atoms with Gasteiger partial charge < -0.3 is 25.4 Å². The molecule has 0 radical (unpaired) electrons. The first kappa shape index (κ1) is 24.1. The third-order valence-electron chi connectivity index (χ3n) is 4.62. The fraction of sp³-hybridized carbons (Fsp3) is 0.417. The Morgan fingerprint density at radius 1 is 0.935 bits per heavy atom. The molecule has 0 aromatic heterocycles. The summed E-state index contributed by atoms with van der Waals surface area (Å²) in [6.07, 6.45) is -0.0843. The number of ether oxygens (including phenoxy) is 2. The summed E-state index contributed by atoms with van der Waals surface area (Å²) < 4.78 is 10.4. The predicted octanol–water partition coefficient (Wildman–Crippen LogP) is 3.95. The largest absolute Gasteiger partial charge is 0.497 e. The number of hydrogen-bond acceptors (Lipinski definition) is 5. The minimum atomic E-state index is -0.660. The second kappa shape index (κ2) is 12.5. The third-order valence-corrected chi connectivity index (χ3v) is 4.62. The van der Waals surface area contributed by atoms with Crippen molar-refractivity contribution in [2.24, 2.45) is 5.92 Å². The summed E-state index contributed by atoms with van der Waals surface area (Å²) in [5.41, 5.74) is 1.82. The van der Waals surface area contributed by atoms with Gasteiger partial charge in [0.15, 0.2) is 0 Å². The molecule has 2 aromatic carbocycles. The van der Waals surface area contributed by atoms with Crippen molar-refractivity contribution in [3.63, 3.8) is 0 Å². The van der Waals surface area contributed by atoms with Crippen LogP contribution < -0.4 is 20.7 Å². The Bertz CT molecular complexity index is 809. The Hall–Kier alpha value is -3.22. The number of rotatable bonds is 11. The maximum absolute atomic E-state index is 12.8. The normalized spacial score (nSPS) is 12.5. The molecule has 7 heteroatoms. The standard InChI is InChI=1S/C24H33N3O4/c1-17(2)14-22(27-24(29)31-16-19-8-6-5-7-9-19)23(28)26-18(3)15-25-20-10-12-21(30-4)13-11-20/h5-13,17-18,22,25H,14-16H2,1-4H3,(H,26,28)(H,27,29)/t18-,22-/m0/s1. The van der Waals surface area contributed by atoms with Crippen LogP contribution in [0.5, 0.6) is 5.75 Å². The number of methoxy groups -OCH3 is 1. The highest BCUT2D eigenvalue weighted by Gasteiger charge is 2.23. The second-order valence-electron chi connectivity index (χ2n) is 7.91. The molecule has 0 saturated carbocycles. The Kier molecular flexibility index (Phi) is 9.68. The van der Waals surface area contributed by atoms with Crippen molar-refractivity contribution in [1.82, 2.24) is 10.6 Å². The van der Waals surface area contributed by atoms with E-state index < -0.39 is 12.1 Å². The summed E-state index contributed by atoms with van der Waals surface area (Å²) >= 11 is 0. The van der Waals surface area contributed by atoms with Gasteiger partial charge in [0, 0.05) is 18.3 Å². The van der Waals surface area contributed by atoms with Crippen molar-refractivity contribution in [3.8, 4) is 5.75 Å². The number of carbonyl (C=O) groups is 2. The summed E-state index contributed by atoms with van der Waals surface area (Å²) in [6.45, 7) is 6.63. The number of benzene rings is 2. The topological polar surface area (TPSA) is 88.7 Å². The number of amides is 2. The Morgan fingerprint density at radius 3 is 2.23 bits per heavy atom. The van der Waals surface area contributed by atoms with Crippen LogP contribution in [0, 0.1) is 5.92 Å². The molecule has 0 spiro atoms. The van der Waals surface area contributed by atoms with Gasteiger partial charge >= 0.3 is 6.09 Å². The van der Waals surface area contributed by atoms with Crippen molar-refractivity contribution in [2.75, 3.05) is 19.0 Å². The highest BCUT2D eigenvalue weighted by Crippen LogP contribution is 2.15. The maximum atomic E-state index is 12.8. The van der Waals surface area contributed by atoms with E-state index in [1.165, 1.54) is 0 Å². The monoisotopic (exact) mass is 427 g/mol. The van der Waals surface area contributed by atoms with Crippen LogP contribution in [0.1, 0.15) is 32.8 Å². The average Bonchev–Trinajstić information content (AvgIpc) is 2.76. The lowest BCUT2D eigenvalue weighted by atomic mass is 10.0. The lowest BCUT2D eigenvalue weighted by Crippen LogP contribution is -2.50. The Labute approximate surface area is 184 Å². The molecule has 0 bridgehead atoms. The summed E-state index contributed by atoms with van der Waals surface area (Å²) in [7, 11) is 1.62. The van der Waals surface area contributed by atoms with Gasteiger partial charge in [-0.15, -0.1) is 0 Å². The minimum absolute atomic E-state index is 0.133. The van der Waals surface area contributed by atoms with Crippen LogP contribution in [0.4, 0.5) is 10.5 Å². The summed E-state index contributed by atoms with van der Waals surface area (Å²) in [5, 5.41) is 8.94. The van der Waals surface area contributed by atoms with E-state index >= 15 is 0 Å². The highest BCUT2D eigenvalue weighted by atomic mass is 16.5. The molecule has 0 unspecified atom stereocenters. The van der Waals surface area contributed by atoms with Gasteiger partial charge in [-0.25, -0.2) is 4.79 Å². The zero-order valence-electron chi connectivity index (χ0n) is 18.7. The molecule has 168 valence electrons. The first-order chi connectivity index (χ1) is 14.9. The van der Waals surface area contributed by atoms with E-state index in [4.69, 9.17) is 9.47 Å². The summed E-state index contributed by atoms with van der Waals surface area (Å²) in [5.74, 6) is 0.793. The number of alkyl carbamates (subject to hydrolysis) is 1. The number of hydrogen-bond donors (Lipinski definition) is 3. The van der Waals surface area contributed by atoms with Crippen LogP contribution in [0.15, 0.2) is 54.6 Å². The summed E-state index contributed by atoms with van der Waals surface area (Å²) in [4.78, 5) is 25.0. The van der Waals surface area contributed by atoms with E-state index in [1.54, 1.807) is 7.11 Å². The van der Waals surface area contributed by atoms with Gasteiger partial charge in [-0.2, -0.15) is 0 Å². The van der Waals surface area contributed by atoms with Gasteiger partial charge in [0.2, 0.25) is 5.91 Å². The van der Waals surface area contributed by atoms with Gasteiger partial charge in [0.1, 0.15) is 18.4 Å². The van der Waals surface area contributed by atoms with Crippen LogP contribution in [0.25, 0.3) is 0 Å². The average molecular weight is 428 g/mol. The molecule has 31 heavy (non-hydrogen) atoms. The molecule has 2 atom stereocenters. The first-order valence-corrected chi connectivity index (χ1v) is 10.5. The van der Waals surface area contributed by atoms with Gasteiger partial charge in [-0.05, 0) is 49.1 Å². The minimum Gasteiger partial charge on any atom is -0.497 e. The molecule has 0 aliphatic heterocycles. The Balaban J connectivity index is 1.83. The first-order valence-electron chi connectivity index (χ1n) is 10.5. The molecule has 0 heterocycles. The molecule has 2 aromatic rings. The van der Waals surface area contributed by atoms with Crippen molar-refractivity contribution in [1.29, 1.82) is 0 Å². The molecule has 0 aliphatic rings. The zero-order valence-corrected chi connectivity index (χ0v) is 18.7. The predicted molar refractivity (Wildman–Crippen MR) is 122 cm³/mol. The van der Waals surface area contributed by atoms with Crippen LogP contribution in [-0.2, 0) is 16.1 Å². The number of anilines is 1. The van der Waals surface area contributed by atoms with Gasteiger partial charge in [0.25, 0.3) is 0 Å². The fourth-order valence-electron chi connectivity index (χ4n) is 2.98. The summed E-state index contributed by atoms with van der Waals surface area (Å²) in [6, 6.07) is 16.2. The molecule has 0 fully saturated rings. The Morgan fingerprint density at radius 2 is 1.61 bits per heavy atom. The molecular weight excluding hydrogens is 394 g/mol. The van der Waals surface area contributed by atoms with E-state index in [2.05, 4.69) is 16.0 Å². The van der Waals surface area contributed by atoms with Crippen LogP contribution in [0.3, 0.4) is 0 Å². The van der Waals surface area contributed by atoms with Crippen LogP contribution in [-0.4, -0.2) is 37.7 Å². The quantitative estimate of drug-likeness (QED) is 0.505. The second-order valence-corrected chi connectivity index (χ2v) is 7.91. The lowest BCUT2D eigenvalue weighted by Gasteiger charge is -2.23. The molecular formula is C24H33N3O4. The third kappa shape index (κ3) is 8.99. The van der Waals surface area contributed by atoms with E-state index in [-0.39, 0.29) is 24.5 Å². The van der Waals surface area contributed by atoms with Crippen molar-refractivity contribution < 1.29 is 19.1 Å². The van der Waals surface area contributed by atoms with Gasteiger partial charge in [-0.1, -0.05) is 44.2 Å². The van der Waals surface area contributed by atoms with Crippen molar-refractivity contribution in [3.05, 3.63) is 60.2 Å². The molecule has 2 rings (SSSR count). The van der Waals surface area contributed by atoms with Crippen molar-refractivity contribution >= 4 is 17.7 Å². The maximum Gasteiger partial charge on any atom is 0.408 e. The van der Waals surface area contributed by atoms with E-state index in [1.807, 2.05) is 75.4 Å². The number of carbonyl (C=O) groups excluding carboxylic acids is 2. The smallest absolute Gasteiger partial charge is 0.408 e. The van der Waals surface area contributed by atoms with E-state index in [9.17, 15) is 9.59 Å². The van der Waals surface area contributed by atoms with Crippen LogP contribution in [0.2, 0.25) is 0 Å². The van der Waals surface area contributed by atoms with Gasteiger partial charge in [-0.3, -0.25) is 4.79 Å². The van der Waals surface area contributed by atoms with Gasteiger partial charge in [0.05, 0.1) is 7.11 Å². The fourth-order valence-corrected chi connectivity index (χ4v) is 2.98. The molecule has 7 nitrogen and oxygen atoms in total.